The van der Waals surface area contributed by atoms with Gasteiger partial charge in [-0.05, 0) is 0 Å². The third-order valence-corrected chi connectivity index (χ3v) is 0. The number of hydrogen-bond acceptors (Lipinski definition) is 1. The summed E-state index contributed by atoms with van der Waals surface area (Å²) in [6.07, 6.45) is 0. The molecule has 1 nitrogen and oxygen atoms in total. The summed E-state index contributed by atoms with van der Waals surface area (Å²) in [6, 6.07) is 0. The maximum absolute atomic E-state index is 8.06. The van der Waals surface area contributed by atoms with Crippen molar-refractivity contribution in [3.8, 4) is 0 Å². The molecule has 0 aliphatic rings. The molecule has 0 aliphatic carbocycles. The Balaban J connectivity index is -0.00000000500. The van der Waals surface area contributed by atoms with Crippen LogP contribution in [0.25, 0.3) is 0 Å². The SMILES string of the molecule is [BaH2].[La].[O]=[Mn]. The molecule has 0 fully saturated rings. The average molecular weight is 349 g/mol. The molecule has 20 valence electrons. The molecule has 4 heteroatoms. The summed E-state index contributed by atoms with van der Waals surface area (Å²) in [5.74, 6) is 0. The van der Waals surface area contributed by atoms with Crippen molar-refractivity contribution in [2.24, 2.45) is 0 Å². The van der Waals surface area contributed by atoms with Gasteiger partial charge in [-0.1, -0.05) is 0 Å². The van der Waals surface area contributed by atoms with E-state index in [0.29, 0.717) is 0 Å². The first-order chi connectivity index (χ1) is 1.00. The van der Waals surface area contributed by atoms with E-state index in [1.807, 2.05) is 0 Å². The van der Waals surface area contributed by atoms with Crippen LogP contribution in [0.4, 0.5) is 0 Å². The molecule has 0 rings (SSSR count). The molecule has 0 aromatic heterocycles. The van der Waals surface area contributed by atoms with E-state index in [1.54, 1.807) is 15.9 Å². The Kier molecular flexibility index (Phi) is 65.0. The van der Waals surface area contributed by atoms with Crippen LogP contribution in [0.2, 0.25) is 0 Å². The van der Waals surface area contributed by atoms with Gasteiger partial charge in [0.1, 0.15) is 0 Å². The van der Waals surface area contributed by atoms with E-state index in [0.717, 1.165) is 0 Å². The monoisotopic (exact) mass is 350 g/mol. The van der Waals surface area contributed by atoms with Crippen molar-refractivity contribution in [2.45, 2.75) is 0 Å². The molecular weight excluding hydrogens is 347 g/mol. The number of hydrogen-bond donors (Lipinski definition) is 0. The van der Waals surface area contributed by atoms with Gasteiger partial charge in [0.25, 0.3) is 0 Å². The summed E-state index contributed by atoms with van der Waals surface area (Å²) in [5.41, 5.74) is 0. The van der Waals surface area contributed by atoms with E-state index in [9.17, 15) is 0 Å². The zero-order valence-electron chi connectivity index (χ0n) is 1.36. The van der Waals surface area contributed by atoms with Gasteiger partial charge in [0, 0.05) is 35.6 Å². The Hall–Kier alpha value is 3.09. The second kappa shape index (κ2) is 16.5. The topological polar surface area (TPSA) is 17.1 Å². The van der Waals surface area contributed by atoms with Gasteiger partial charge in [-0.15, -0.1) is 0 Å². The summed E-state index contributed by atoms with van der Waals surface area (Å²) in [5, 5.41) is 0. The van der Waals surface area contributed by atoms with Gasteiger partial charge in [0.15, 0.2) is 0 Å². The molecule has 0 unspecified atom stereocenters. The Morgan fingerprint density at radius 2 is 1.25 bits per heavy atom. The van der Waals surface area contributed by atoms with E-state index < -0.39 is 0 Å². The van der Waals surface area contributed by atoms with Crippen molar-refractivity contribution in [1.29, 1.82) is 0 Å². The van der Waals surface area contributed by atoms with E-state index in [1.165, 1.54) is 0 Å². The summed E-state index contributed by atoms with van der Waals surface area (Å²) in [7, 11) is 0. The molecule has 0 atom stereocenters. The van der Waals surface area contributed by atoms with Crippen LogP contribution in [0.3, 0.4) is 0 Å². The normalized spacial score (nSPS) is 1.00. The second-order valence-corrected chi connectivity index (χ2v) is 0. The van der Waals surface area contributed by atoms with Crippen LogP contribution in [-0.2, 0) is 19.8 Å². The quantitative estimate of drug-likeness (QED) is 0.511. The van der Waals surface area contributed by atoms with E-state index >= 15 is 0 Å². The Labute approximate surface area is 101 Å². The standard InChI is InChI=1S/Ba.La.Mn.O.2H. The zero-order valence-corrected chi connectivity index (χ0v) is 6.17. The fraction of sp³-hybridized carbons (Fsp3) is 0. The van der Waals surface area contributed by atoms with Crippen LogP contribution in [0, 0.1) is 35.6 Å². The third-order valence-electron chi connectivity index (χ3n) is 0. The molecule has 4 heavy (non-hydrogen) atoms. The Bertz CT molecular complexity index is 8.00. The fourth-order valence-electron chi connectivity index (χ4n) is 0. The molecular formula is H2BaLaMnO. The average Bonchev–Trinajstić information content (AvgIpc) is 1.00. The molecule has 0 heterocycles. The molecule has 0 aromatic rings. The minimum atomic E-state index is 0. The van der Waals surface area contributed by atoms with Crippen molar-refractivity contribution in [3.05, 3.63) is 0 Å². The van der Waals surface area contributed by atoms with Gasteiger partial charge in [-0.25, -0.2) is 0 Å². The van der Waals surface area contributed by atoms with Crippen molar-refractivity contribution in [1.82, 2.24) is 0 Å². The first kappa shape index (κ1) is 15.7. The minimum absolute atomic E-state index is 0. The van der Waals surface area contributed by atoms with Gasteiger partial charge >= 0.3 is 68.7 Å². The molecule has 0 spiro atoms. The van der Waals surface area contributed by atoms with E-state index in [4.69, 9.17) is 3.83 Å². The second-order valence-electron chi connectivity index (χ2n) is 0. The van der Waals surface area contributed by atoms with E-state index in [-0.39, 0.29) is 84.5 Å². The molecule has 0 N–H and O–H groups in total. The third kappa shape index (κ3) is 8.92. The Morgan fingerprint density at radius 3 is 1.25 bits per heavy atom. The molecule has 0 aromatic carbocycles. The van der Waals surface area contributed by atoms with Crippen LogP contribution in [-0.4, -0.2) is 48.9 Å². The van der Waals surface area contributed by atoms with Crippen LogP contribution in [0.1, 0.15) is 0 Å². The fourth-order valence-corrected chi connectivity index (χ4v) is 0. The van der Waals surface area contributed by atoms with Crippen LogP contribution >= 0.6 is 0 Å². The molecule has 1 radical (unpaired) electrons. The summed E-state index contributed by atoms with van der Waals surface area (Å²) < 4.78 is 8.06. The molecule has 0 saturated heterocycles. The van der Waals surface area contributed by atoms with Crippen LogP contribution in [0.5, 0.6) is 0 Å². The summed E-state index contributed by atoms with van der Waals surface area (Å²) >= 11 is 1.69. The van der Waals surface area contributed by atoms with Gasteiger partial charge in [-0.2, -0.15) is 0 Å². The first-order valence-electron chi connectivity index (χ1n) is 0.154. The number of rotatable bonds is 0. The van der Waals surface area contributed by atoms with Crippen LogP contribution < -0.4 is 0 Å². The summed E-state index contributed by atoms with van der Waals surface area (Å²) in [4.78, 5) is 0. The molecule has 0 amide bonds. The Morgan fingerprint density at radius 1 is 1.25 bits per heavy atom. The maximum atomic E-state index is 8.06. The predicted octanol–water partition coefficient (Wildman–Crippen LogP) is -1.04. The molecule has 0 aliphatic heterocycles. The van der Waals surface area contributed by atoms with Crippen molar-refractivity contribution in [3.63, 3.8) is 0 Å². The van der Waals surface area contributed by atoms with Crippen LogP contribution in [0.15, 0.2) is 0 Å². The van der Waals surface area contributed by atoms with Crippen molar-refractivity contribution in [2.75, 3.05) is 0 Å². The molecule has 0 bridgehead atoms. The zero-order chi connectivity index (χ0) is 2.00. The summed E-state index contributed by atoms with van der Waals surface area (Å²) in [6.45, 7) is 0. The van der Waals surface area contributed by atoms with E-state index in [2.05, 4.69) is 0 Å². The van der Waals surface area contributed by atoms with Crippen molar-refractivity contribution >= 4 is 48.9 Å². The van der Waals surface area contributed by atoms with Gasteiger partial charge in [0.05, 0.1) is 0 Å². The first-order valence-corrected chi connectivity index (χ1v) is 0.636. The predicted molar refractivity (Wildman–Crippen MR) is 9.23 cm³/mol. The molecule has 0 saturated carbocycles. The van der Waals surface area contributed by atoms with Gasteiger partial charge in [0.2, 0.25) is 0 Å². The van der Waals surface area contributed by atoms with Gasteiger partial charge in [-0.3, -0.25) is 0 Å². The van der Waals surface area contributed by atoms with Gasteiger partial charge < -0.3 is 0 Å². The van der Waals surface area contributed by atoms with Crippen molar-refractivity contribution < 1.29 is 55.4 Å².